The van der Waals surface area contributed by atoms with Crippen LogP contribution in [0.4, 0.5) is 0 Å². The lowest BCUT2D eigenvalue weighted by Gasteiger charge is -2.16. The predicted octanol–water partition coefficient (Wildman–Crippen LogP) is 3.42. The second-order valence-corrected chi connectivity index (χ2v) is 4.26. The van der Waals surface area contributed by atoms with Crippen LogP contribution >= 0.6 is 12.4 Å². The summed E-state index contributed by atoms with van der Waals surface area (Å²) in [6, 6.07) is 7.42. The first kappa shape index (κ1) is 17.9. The number of hydrogen-bond donors (Lipinski definition) is 0. The lowest BCUT2D eigenvalue weighted by Crippen LogP contribution is -2.29. The summed E-state index contributed by atoms with van der Waals surface area (Å²) in [5.41, 5.74) is 0.755. The Labute approximate surface area is 122 Å². The van der Waals surface area contributed by atoms with Gasteiger partial charge in [0.1, 0.15) is 5.75 Å². The lowest BCUT2D eigenvalue weighted by atomic mass is 10.1. The van der Waals surface area contributed by atoms with Gasteiger partial charge in [0.25, 0.3) is 0 Å². The Morgan fingerprint density at radius 1 is 1.11 bits per heavy atom. The highest BCUT2D eigenvalue weighted by Crippen LogP contribution is 2.13. The minimum Gasteiger partial charge on any atom is -0.494 e. The van der Waals surface area contributed by atoms with Crippen molar-refractivity contribution in [2.45, 2.75) is 27.2 Å². The topological polar surface area (TPSA) is 29.5 Å². The van der Waals surface area contributed by atoms with Crippen molar-refractivity contribution >= 4 is 18.2 Å². The van der Waals surface area contributed by atoms with Crippen LogP contribution < -0.4 is 4.74 Å². The molecule has 0 saturated heterocycles. The third-order valence-corrected chi connectivity index (χ3v) is 2.91. The maximum Gasteiger partial charge on any atom is 0.176 e. The molecule has 0 aromatic heterocycles. The molecule has 1 aromatic rings. The van der Waals surface area contributed by atoms with E-state index in [0.29, 0.717) is 13.2 Å². The van der Waals surface area contributed by atoms with Gasteiger partial charge in [-0.15, -0.1) is 12.4 Å². The summed E-state index contributed by atoms with van der Waals surface area (Å²) in [5, 5.41) is 0. The van der Waals surface area contributed by atoms with E-state index < -0.39 is 0 Å². The zero-order valence-corrected chi connectivity index (χ0v) is 12.8. The summed E-state index contributed by atoms with van der Waals surface area (Å²) in [6.45, 7) is 9.22. The molecule has 4 heteroatoms. The number of Topliss-reactive ketones (excluding diaryl/α,β-unsaturated/α-hetero) is 1. The van der Waals surface area contributed by atoms with E-state index in [1.54, 1.807) is 0 Å². The molecule has 0 unspecified atom stereocenters. The summed E-state index contributed by atoms with van der Waals surface area (Å²) in [5.74, 6) is 0.997. The van der Waals surface area contributed by atoms with Gasteiger partial charge >= 0.3 is 0 Å². The Bertz CT molecular complexity index is 361. The number of benzene rings is 1. The number of ether oxygens (including phenoxy) is 1. The summed E-state index contributed by atoms with van der Waals surface area (Å²) in [6.07, 6.45) is 0.989. The maximum absolute atomic E-state index is 12.0. The van der Waals surface area contributed by atoms with E-state index in [4.69, 9.17) is 4.74 Å². The molecule has 0 saturated carbocycles. The Hall–Kier alpha value is -1.06. The van der Waals surface area contributed by atoms with Gasteiger partial charge in [0.2, 0.25) is 0 Å². The highest BCUT2D eigenvalue weighted by atomic mass is 35.5. The predicted molar refractivity (Wildman–Crippen MR) is 81.6 cm³/mol. The van der Waals surface area contributed by atoms with Crippen LogP contribution in [0.3, 0.4) is 0 Å². The van der Waals surface area contributed by atoms with Crippen molar-refractivity contribution in [1.29, 1.82) is 0 Å². The van der Waals surface area contributed by atoms with Crippen molar-refractivity contribution in [3.8, 4) is 5.75 Å². The van der Waals surface area contributed by atoms with Crippen molar-refractivity contribution in [2.75, 3.05) is 26.2 Å². The average molecular weight is 286 g/mol. The van der Waals surface area contributed by atoms with E-state index in [1.807, 2.05) is 24.3 Å². The molecule has 1 aromatic carbocycles. The van der Waals surface area contributed by atoms with Gasteiger partial charge in [0, 0.05) is 5.56 Å². The van der Waals surface area contributed by atoms with Crippen LogP contribution in [0.5, 0.6) is 5.75 Å². The number of hydrogen-bond acceptors (Lipinski definition) is 3. The van der Waals surface area contributed by atoms with Gasteiger partial charge in [-0.05, 0) is 43.8 Å². The number of nitrogens with zero attached hydrogens (tertiary/aromatic N) is 1. The second-order valence-electron chi connectivity index (χ2n) is 4.26. The Balaban J connectivity index is 0.00000324. The first-order valence-electron chi connectivity index (χ1n) is 6.69. The Kier molecular flexibility index (Phi) is 9.27. The second kappa shape index (κ2) is 9.82. The van der Waals surface area contributed by atoms with Gasteiger partial charge in [-0.2, -0.15) is 0 Å². The Morgan fingerprint density at radius 3 is 2.16 bits per heavy atom. The third kappa shape index (κ3) is 6.08. The van der Waals surface area contributed by atoms with Crippen LogP contribution in [0.25, 0.3) is 0 Å². The third-order valence-electron chi connectivity index (χ3n) is 2.91. The monoisotopic (exact) mass is 285 g/mol. The molecule has 0 aliphatic carbocycles. The van der Waals surface area contributed by atoms with Crippen LogP contribution in [0.15, 0.2) is 24.3 Å². The molecule has 108 valence electrons. The minimum absolute atomic E-state index is 0. The highest BCUT2D eigenvalue weighted by molar-refractivity contribution is 5.97. The molecule has 0 aliphatic rings. The molecule has 0 aliphatic heterocycles. The van der Waals surface area contributed by atoms with Gasteiger partial charge in [0.15, 0.2) is 5.78 Å². The molecule has 1 rings (SSSR count). The number of ketones is 1. The van der Waals surface area contributed by atoms with E-state index in [0.717, 1.165) is 30.8 Å². The Morgan fingerprint density at radius 2 is 1.68 bits per heavy atom. The highest BCUT2D eigenvalue weighted by Gasteiger charge is 2.09. The standard InChI is InChI=1S/C15H23NO2.ClH/c1-4-11-18-14-9-7-13(8-10-14)15(17)12-16(5-2)6-3;/h7-10H,4-6,11-12H2,1-3H3;1H. The number of carbonyl (C=O) groups excluding carboxylic acids is 1. The molecule has 19 heavy (non-hydrogen) atoms. The summed E-state index contributed by atoms with van der Waals surface area (Å²) in [4.78, 5) is 14.1. The number of carbonyl (C=O) groups is 1. The van der Waals surface area contributed by atoms with Crippen molar-refractivity contribution < 1.29 is 9.53 Å². The summed E-state index contributed by atoms with van der Waals surface area (Å²) >= 11 is 0. The molecule has 0 radical (unpaired) electrons. The molecular weight excluding hydrogens is 262 g/mol. The molecule has 0 N–H and O–H groups in total. The van der Waals surface area contributed by atoms with Gasteiger partial charge in [0.05, 0.1) is 13.2 Å². The fourth-order valence-corrected chi connectivity index (χ4v) is 1.70. The smallest absolute Gasteiger partial charge is 0.176 e. The molecule has 0 amide bonds. The molecular formula is C15H24ClNO2. The SMILES string of the molecule is CCCOc1ccc(C(=O)CN(CC)CC)cc1.Cl. The fraction of sp³-hybridized carbons (Fsp3) is 0.533. The van der Waals surface area contributed by atoms with Crippen molar-refractivity contribution in [1.82, 2.24) is 4.90 Å². The molecule has 0 bridgehead atoms. The molecule has 0 fully saturated rings. The van der Waals surface area contributed by atoms with Crippen LogP contribution in [-0.4, -0.2) is 36.9 Å². The van der Waals surface area contributed by atoms with Gasteiger partial charge < -0.3 is 4.74 Å². The zero-order valence-electron chi connectivity index (χ0n) is 12.0. The lowest BCUT2D eigenvalue weighted by molar-refractivity contribution is 0.0937. The van der Waals surface area contributed by atoms with Crippen LogP contribution in [0.2, 0.25) is 0 Å². The largest absolute Gasteiger partial charge is 0.494 e. The van der Waals surface area contributed by atoms with E-state index in [9.17, 15) is 4.79 Å². The molecule has 0 heterocycles. The van der Waals surface area contributed by atoms with Crippen LogP contribution in [-0.2, 0) is 0 Å². The summed E-state index contributed by atoms with van der Waals surface area (Å²) in [7, 11) is 0. The van der Waals surface area contributed by atoms with Crippen molar-refractivity contribution in [2.24, 2.45) is 0 Å². The van der Waals surface area contributed by atoms with Gasteiger partial charge in [-0.1, -0.05) is 20.8 Å². The van der Waals surface area contributed by atoms with Crippen molar-refractivity contribution in [3.63, 3.8) is 0 Å². The van der Waals surface area contributed by atoms with E-state index in [2.05, 4.69) is 25.7 Å². The zero-order chi connectivity index (χ0) is 13.4. The molecule has 0 spiro atoms. The van der Waals surface area contributed by atoms with Gasteiger partial charge in [-0.25, -0.2) is 0 Å². The van der Waals surface area contributed by atoms with E-state index in [-0.39, 0.29) is 18.2 Å². The first-order chi connectivity index (χ1) is 8.71. The normalized spacial score (nSPS) is 10.1. The number of likely N-dealkylation sites (N-methyl/N-ethyl adjacent to an activating group) is 1. The van der Waals surface area contributed by atoms with Gasteiger partial charge in [-0.3, -0.25) is 9.69 Å². The first-order valence-corrected chi connectivity index (χ1v) is 6.69. The number of rotatable bonds is 8. The fourth-order valence-electron chi connectivity index (χ4n) is 1.70. The van der Waals surface area contributed by atoms with E-state index >= 15 is 0 Å². The average Bonchev–Trinajstić information content (AvgIpc) is 2.42. The molecule has 3 nitrogen and oxygen atoms in total. The quantitative estimate of drug-likeness (QED) is 0.686. The van der Waals surface area contributed by atoms with Crippen LogP contribution in [0.1, 0.15) is 37.6 Å². The summed E-state index contributed by atoms with van der Waals surface area (Å²) < 4.78 is 5.49. The van der Waals surface area contributed by atoms with Crippen molar-refractivity contribution in [3.05, 3.63) is 29.8 Å². The maximum atomic E-state index is 12.0. The van der Waals surface area contributed by atoms with Crippen LogP contribution in [0, 0.1) is 0 Å². The van der Waals surface area contributed by atoms with E-state index in [1.165, 1.54) is 0 Å². The number of halogens is 1. The minimum atomic E-state index is 0. The molecule has 0 atom stereocenters.